The van der Waals surface area contributed by atoms with Gasteiger partial charge < -0.3 is 10.2 Å². The zero-order valence-corrected chi connectivity index (χ0v) is 26.0. The lowest BCUT2D eigenvalue weighted by atomic mass is 9.99. The van der Waals surface area contributed by atoms with E-state index in [-0.39, 0.29) is 37.7 Å². The molecule has 1 N–H and O–H groups in total. The minimum Gasteiger partial charge on any atom is -0.350 e. The molecule has 0 fully saturated rings. The van der Waals surface area contributed by atoms with Crippen LogP contribution in [0.25, 0.3) is 0 Å². The molecule has 0 heterocycles. The van der Waals surface area contributed by atoms with Crippen molar-refractivity contribution in [1.29, 1.82) is 0 Å². The van der Waals surface area contributed by atoms with Crippen molar-refractivity contribution in [3.63, 3.8) is 0 Å². The number of nitrogens with one attached hydrogen (secondary N) is 1. The number of rotatable bonds is 12. The Balaban J connectivity index is 1.91. The molecule has 7 nitrogen and oxygen atoms in total. The number of halogens is 1. The van der Waals surface area contributed by atoms with Crippen molar-refractivity contribution in [1.82, 2.24) is 10.2 Å². The van der Waals surface area contributed by atoms with Gasteiger partial charge in [0.15, 0.2) is 0 Å². The van der Waals surface area contributed by atoms with E-state index in [1.165, 1.54) is 4.31 Å². The van der Waals surface area contributed by atoms with Crippen LogP contribution in [-0.2, 0) is 32.6 Å². The first-order valence-electron chi connectivity index (χ1n) is 13.7. The Morgan fingerprint density at radius 3 is 2.12 bits per heavy atom. The normalized spacial score (nSPS) is 12.4. The van der Waals surface area contributed by atoms with E-state index in [2.05, 4.69) is 5.32 Å². The third-order valence-corrected chi connectivity index (χ3v) is 8.08. The van der Waals surface area contributed by atoms with Crippen LogP contribution in [-0.4, -0.2) is 49.5 Å². The minimum absolute atomic E-state index is 0.0690. The fraction of sp³-hybridized carbons (Fsp3) is 0.375. The summed E-state index contributed by atoms with van der Waals surface area (Å²) < 4.78 is 26.4. The molecule has 9 heteroatoms. The van der Waals surface area contributed by atoms with E-state index in [1.54, 1.807) is 29.2 Å². The summed E-state index contributed by atoms with van der Waals surface area (Å²) in [6, 6.07) is 23.2. The van der Waals surface area contributed by atoms with E-state index >= 15 is 0 Å². The maximum absolute atomic E-state index is 13.9. The second kappa shape index (κ2) is 14.0. The molecule has 0 aliphatic heterocycles. The number of hydrogen-bond acceptors (Lipinski definition) is 4. The summed E-state index contributed by atoms with van der Waals surface area (Å²) >= 11 is 5.99. The maximum Gasteiger partial charge on any atom is 0.243 e. The van der Waals surface area contributed by atoms with Crippen LogP contribution in [0.3, 0.4) is 0 Å². The Kier molecular flexibility index (Phi) is 11.0. The lowest BCUT2D eigenvalue weighted by Gasteiger charge is -2.34. The van der Waals surface area contributed by atoms with E-state index in [1.807, 2.05) is 82.3 Å². The summed E-state index contributed by atoms with van der Waals surface area (Å²) in [4.78, 5) is 29.3. The highest BCUT2D eigenvalue weighted by Gasteiger charge is 2.32. The van der Waals surface area contributed by atoms with Gasteiger partial charge in [-0.05, 0) is 75.1 Å². The topological polar surface area (TPSA) is 86.8 Å². The SMILES string of the molecule is Cc1ccccc1CN(C(=O)CCCN(c1ccc(Cl)cc1)S(C)(=O)=O)[C@@H](Cc1ccccc1)C(=O)NC(C)(C)C. The Morgan fingerprint density at radius 2 is 1.54 bits per heavy atom. The summed E-state index contributed by atoms with van der Waals surface area (Å²) in [6.07, 6.45) is 1.83. The Hall–Kier alpha value is -3.36. The predicted molar refractivity (Wildman–Crippen MR) is 166 cm³/mol. The summed E-state index contributed by atoms with van der Waals surface area (Å²) in [5, 5.41) is 3.57. The number of carbonyl (C=O) groups is 2. The van der Waals surface area contributed by atoms with E-state index in [0.717, 1.165) is 22.9 Å². The lowest BCUT2D eigenvalue weighted by Crippen LogP contribution is -2.54. The molecule has 0 radical (unpaired) electrons. The van der Waals surface area contributed by atoms with Crippen molar-refractivity contribution in [3.05, 3.63) is 101 Å². The van der Waals surface area contributed by atoms with Crippen LogP contribution in [0.1, 0.15) is 50.3 Å². The van der Waals surface area contributed by atoms with Gasteiger partial charge in [-0.15, -0.1) is 0 Å². The van der Waals surface area contributed by atoms with Gasteiger partial charge in [-0.25, -0.2) is 8.42 Å². The van der Waals surface area contributed by atoms with E-state index < -0.39 is 21.6 Å². The summed E-state index contributed by atoms with van der Waals surface area (Å²) in [5.74, 6) is -0.454. The Morgan fingerprint density at radius 1 is 0.927 bits per heavy atom. The molecule has 3 aromatic carbocycles. The third-order valence-electron chi connectivity index (χ3n) is 6.64. The van der Waals surface area contributed by atoms with Gasteiger partial charge in [0, 0.05) is 36.5 Å². The van der Waals surface area contributed by atoms with Gasteiger partial charge in [-0.2, -0.15) is 0 Å². The van der Waals surface area contributed by atoms with Crippen LogP contribution in [0.5, 0.6) is 0 Å². The molecule has 0 aliphatic rings. The van der Waals surface area contributed by atoms with Crippen molar-refractivity contribution in [2.75, 3.05) is 17.1 Å². The highest BCUT2D eigenvalue weighted by molar-refractivity contribution is 7.92. The lowest BCUT2D eigenvalue weighted by molar-refractivity contribution is -0.142. The zero-order chi connectivity index (χ0) is 30.2. The van der Waals surface area contributed by atoms with Gasteiger partial charge in [0.2, 0.25) is 21.8 Å². The van der Waals surface area contributed by atoms with Crippen LogP contribution in [0.2, 0.25) is 5.02 Å². The predicted octanol–water partition coefficient (Wildman–Crippen LogP) is 5.75. The molecule has 0 saturated heterocycles. The Bertz CT molecular complexity index is 1420. The van der Waals surface area contributed by atoms with E-state index in [0.29, 0.717) is 17.1 Å². The monoisotopic (exact) mass is 597 g/mol. The molecular weight excluding hydrogens is 558 g/mol. The second-order valence-corrected chi connectivity index (χ2v) is 13.7. The molecule has 220 valence electrons. The van der Waals surface area contributed by atoms with Crippen LogP contribution >= 0.6 is 11.6 Å². The molecule has 0 aliphatic carbocycles. The molecule has 0 saturated carbocycles. The number of hydrogen-bond donors (Lipinski definition) is 1. The number of amides is 2. The van der Waals surface area contributed by atoms with Crippen LogP contribution in [0.4, 0.5) is 5.69 Å². The standard InChI is InChI=1S/C32H40ClN3O4S/c1-24-12-9-10-15-26(24)23-35(29(31(38)34-32(2,3)4)22-25-13-7-6-8-14-25)30(37)16-11-21-36(41(5,39)40)28-19-17-27(33)18-20-28/h6-10,12-15,17-20,29H,11,16,21-23H2,1-5H3,(H,34,38)/t29-/m0/s1. The van der Waals surface area contributed by atoms with Crippen LogP contribution in [0, 0.1) is 6.92 Å². The first-order valence-corrected chi connectivity index (χ1v) is 15.9. The number of aryl methyl sites for hydroxylation is 1. The quantitative estimate of drug-likeness (QED) is 0.288. The minimum atomic E-state index is -3.59. The molecule has 3 rings (SSSR count). The molecule has 0 unspecified atom stereocenters. The molecule has 0 aromatic heterocycles. The molecule has 1 atom stereocenters. The van der Waals surface area contributed by atoms with E-state index in [9.17, 15) is 18.0 Å². The number of nitrogens with zero attached hydrogens (tertiary/aromatic N) is 2. The molecular formula is C32H40ClN3O4S. The molecule has 2 amide bonds. The first-order chi connectivity index (χ1) is 19.2. The van der Waals surface area contributed by atoms with Crippen molar-refractivity contribution in [2.24, 2.45) is 0 Å². The maximum atomic E-state index is 13.9. The van der Waals surface area contributed by atoms with Crippen molar-refractivity contribution >= 4 is 39.1 Å². The van der Waals surface area contributed by atoms with E-state index in [4.69, 9.17) is 11.6 Å². The third kappa shape index (κ3) is 9.90. The van der Waals surface area contributed by atoms with Gasteiger partial charge in [-0.3, -0.25) is 13.9 Å². The van der Waals surface area contributed by atoms with Gasteiger partial charge >= 0.3 is 0 Å². The average molecular weight is 598 g/mol. The highest BCUT2D eigenvalue weighted by atomic mass is 35.5. The number of anilines is 1. The van der Waals surface area contributed by atoms with Crippen LogP contribution in [0.15, 0.2) is 78.9 Å². The first kappa shape index (κ1) is 32.2. The van der Waals surface area contributed by atoms with Gasteiger partial charge in [0.1, 0.15) is 6.04 Å². The van der Waals surface area contributed by atoms with Gasteiger partial charge in [-0.1, -0.05) is 66.2 Å². The summed E-state index contributed by atoms with van der Waals surface area (Å²) in [5.41, 5.74) is 2.90. The fourth-order valence-corrected chi connectivity index (χ4v) is 5.68. The zero-order valence-electron chi connectivity index (χ0n) is 24.4. The van der Waals surface area contributed by atoms with Crippen LogP contribution < -0.4 is 9.62 Å². The molecule has 0 bridgehead atoms. The number of carbonyl (C=O) groups excluding carboxylic acids is 2. The average Bonchev–Trinajstić information content (AvgIpc) is 2.89. The summed E-state index contributed by atoms with van der Waals surface area (Å²) in [7, 11) is -3.59. The summed E-state index contributed by atoms with van der Waals surface area (Å²) in [6.45, 7) is 8.09. The fourth-order valence-electron chi connectivity index (χ4n) is 4.59. The number of sulfonamides is 1. The number of benzene rings is 3. The van der Waals surface area contributed by atoms with Gasteiger partial charge in [0.05, 0.1) is 11.9 Å². The Labute approximate surface area is 249 Å². The highest BCUT2D eigenvalue weighted by Crippen LogP contribution is 2.23. The van der Waals surface area contributed by atoms with Crippen molar-refractivity contribution in [2.45, 2.75) is 65.1 Å². The second-order valence-electron chi connectivity index (χ2n) is 11.3. The smallest absolute Gasteiger partial charge is 0.243 e. The molecule has 3 aromatic rings. The molecule has 41 heavy (non-hydrogen) atoms. The van der Waals surface area contributed by atoms with Crippen molar-refractivity contribution in [3.8, 4) is 0 Å². The van der Waals surface area contributed by atoms with Gasteiger partial charge in [0.25, 0.3) is 0 Å². The van der Waals surface area contributed by atoms with Crippen molar-refractivity contribution < 1.29 is 18.0 Å². The molecule has 0 spiro atoms. The largest absolute Gasteiger partial charge is 0.350 e.